The lowest BCUT2D eigenvalue weighted by Crippen LogP contribution is -2.11. The number of carbonyl (C=O) groups excluding carboxylic acids is 1. The van der Waals surface area contributed by atoms with Gasteiger partial charge in [0.1, 0.15) is 5.75 Å². The molecule has 2 rings (SSSR count). The van der Waals surface area contributed by atoms with Crippen molar-refractivity contribution in [1.29, 1.82) is 0 Å². The van der Waals surface area contributed by atoms with Gasteiger partial charge in [0.15, 0.2) is 0 Å². The molecule has 1 N–H and O–H groups in total. The van der Waals surface area contributed by atoms with Gasteiger partial charge < -0.3 is 10.1 Å². The van der Waals surface area contributed by atoms with Crippen molar-refractivity contribution in [1.82, 2.24) is 0 Å². The molecule has 1 amide bonds. The Morgan fingerprint density at radius 1 is 1.29 bits per heavy atom. The Labute approximate surface area is 133 Å². The van der Waals surface area contributed by atoms with Crippen molar-refractivity contribution >= 4 is 34.5 Å². The molecule has 0 unspecified atom stereocenters. The zero-order chi connectivity index (χ0) is 15.6. The van der Waals surface area contributed by atoms with Gasteiger partial charge in [-0.1, -0.05) is 18.5 Å². The number of rotatable bonds is 4. The maximum Gasteiger partial charge on any atom is 0.265 e. The van der Waals surface area contributed by atoms with Crippen LogP contribution >= 0.6 is 22.9 Å². The molecule has 1 heterocycles. The van der Waals surface area contributed by atoms with Gasteiger partial charge in [0, 0.05) is 16.0 Å². The van der Waals surface area contributed by atoms with E-state index >= 15 is 0 Å². The molecule has 0 spiro atoms. The van der Waals surface area contributed by atoms with Crippen molar-refractivity contribution in [2.45, 2.75) is 27.2 Å². The molecule has 0 fully saturated rings. The summed E-state index contributed by atoms with van der Waals surface area (Å²) in [6.07, 6.45) is 0.938. The second kappa shape index (κ2) is 6.50. The molecule has 112 valence electrons. The molecule has 0 saturated heterocycles. The van der Waals surface area contributed by atoms with Crippen LogP contribution in [0.3, 0.4) is 0 Å². The van der Waals surface area contributed by atoms with Gasteiger partial charge in [0.05, 0.1) is 17.7 Å². The van der Waals surface area contributed by atoms with Crippen LogP contribution in [0, 0.1) is 13.8 Å². The Bertz CT molecular complexity index is 679. The Hall–Kier alpha value is -1.52. The number of aryl methyl sites for hydroxylation is 3. The zero-order valence-electron chi connectivity index (χ0n) is 12.5. The molecule has 21 heavy (non-hydrogen) atoms. The number of thiophene rings is 1. The number of anilines is 1. The third-order valence-electron chi connectivity index (χ3n) is 3.29. The molecule has 0 aliphatic carbocycles. The van der Waals surface area contributed by atoms with E-state index in [0.29, 0.717) is 21.3 Å². The maximum absolute atomic E-state index is 12.4. The molecule has 0 saturated carbocycles. The van der Waals surface area contributed by atoms with Crippen molar-refractivity contribution in [3.8, 4) is 5.75 Å². The van der Waals surface area contributed by atoms with Gasteiger partial charge in [-0.05, 0) is 43.5 Å². The predicted molar refractivity (Wildman–Crippen MR) is 89.1 cm³/mol. The lowest BCUT2D eigenvalue weighted by Gasteiger charge is -2.11. The van der Waals surface area contributed by atoms with Crippen molar-refractivity contribution in [2.75, 3.05) is 12.4 Å². The minimum absolute atomic E-state index is 0.122. The van der Waals surface area contributed by atoms with Crippen molar-refractivity contribution in [3.05, 3.63) is 44.1 Å². The number of hydrogen-bond acceptors (Lipinski definition) is 3. The predicted octanol–water partition coefficient (Wildman–Crippen LogP) is 4.84. The number of amides is 1. The Morgan fingerprint density at radius 3 is 2.57 bits per heavy atom. The van der Waals surface area contributed by atoms with E-state index in [0.717, 1.165) is 17.5 Å². The average Bonchev–Trinajstić information content (AvgIpc) is 2.83. The fraction of sp³-hybridized carbons (Fsp3) is 0.312. The first-order chi connectivity index (χ1) is 9.96. The highest BCUT2D eigenvalue weighted by Crippen LogP contribution is 2.32. The third kappa shape index (κ3) is 3.39. The lowest BCUT2D eigenvalue weighted by molar-refractivity contribution is 0.103. The highest BCUT2D eigenvalue weighted by Gasteiger charge is 2.15. The highest BCUT2D eigenvalue weighted by atomic mass is 35.5. The van der Waals surface area contributed by atoms with Crippen LogP contribution in [0.1, 0.15) is 32.6 Å². The number of carbonyl (C=O) groups is 1. The van der Waals surface area contributed by atoms with E-state index in [1.807, 2.05) is 26.0 Å². The van der Waals surface area contributed by atoms with Gasteiger partial charge in [0.2, 0.25) is 0 Å². The van der Waals surface area contributed by atoms with Crippen LogP contribution < -0.4 is 10.1 Å². The Kier molecular flexibility index (Phi) is 4.91. The molecule has 3 nitrogen and oxygen atoms in total. The number of nitrogens with one attached hydrogen (secondary N) is 1. The molecule has 5 heteroatoms. The van der Waals surface area contributed by atoms with Crippen LogP contribution in [0.25, 0.3) is 0 Å². The topological polar surface area (TPSA) is 38.3 Å². The van der Waals surface area contributed by atoms with Crippen molar-refractivity contribution < 1.29 is 9.53 Å². The third-order valence-corrected chi connectivity index (χ3v) is 5.08. The second-order valence-electron chi connectivity index (χ2n) is 4.83. The largest absolute Gasteiger partial charge is 0.495 e. The molecule has 0 aliphatic rings. The minimum atomic E-state index is -0.122. The summed E-state index contributed by atoms with van der Waals surface area (Å²) in [5, 5.41) is 3.51. The maximum atomic E-state index is 12.4. The summed E-state index contributed by atoms with van der Waals surface area (Å²) in [6.45, 7) is 6.01. The standard InChI is InChI=1S/C16H18ClNO2S/c1-5-14-10(3)7-15(21-14)16(19)18-12-6-9(2)11(17)8-13(12)20-4/h6-8H,5H2,1-4H3,(H,18,19). The van der Waals surface area contributed by atoms with E-state index in [9.17, 15) is 4.79 Å². The molecule has 1 aromatic heterocycles. The molecular formula is C16H18ClNO2S. The summed E-state index contributed by atoms with van der Waals surface area (Å²) >= 11 is 7.60. The van der Waals surface area contributed by atoms with Gasteiger partial charge in [0.25, 0.3) is 5.91 Å². The van der Waals surface area contributed by atoms with Crippen LogP contribution in [0.4, 0.5) is 5.69 Å². The van der Waals surface area contributed by atoms with Crippen LogP contribution in [0.5, 0.6) is 5.75 Å². The monoisotopic (exact) mass is 323 g/mol. The summed E-state index contributed by atoms with van der Waals surface area (Å²) in [4.78, 5) is 14.3. The van der Waals surface area contributed by atoms with E-state index in [1.54, 1.807) is 13.2 Å². The van der Waals surface area contributed by atoms with Gasteiger partial charge >= 0.3 is 0 Å². The van der Waals surface area contributed by atoms with Gasteiger partial charge in [-0.15, -0.1) is 11.3 Å². The Balaban J connectivity index is 2.28. The quantitative estimate of drug-likeness (QED) is 0.874. The van der Waals surface area contributed by atoms with Crippen molar-refractivity contribution in [3.63, 3.8) is 0 Å². The van der Waals surface area contributed by atoms with Crippen LogP contribution in [-0.4, -0.2) is 13.0 Å². The smallest absolute Gasteiger partial charge is 0.265 e. The van der Waals surface area contributed by atoms with Crippen LogP contribution in [0.15, 0.2) is 18.2 Å². The molecule has 0 atom stereocenters. The first-order valence-corrected chi connectivity index (χ1v) is 7.90. The number of benzene rings is 1. The van der Waals surface area contributed by atoms with Gasteiger partial charge in [-0.25, -0.2) is 0 Å². The molecular weight excluding hydrogens is 306 g/mol. The number of hydrogen-bond donors (Lipinski definition) is 1. The fourth-order valence-corrected chi connectivity index (χ4v) is 3.26. The minimum Gasteiger partial charge on any atom is -0.495 e. The summed E-state index contributed by atoms with van der Waals surface area (Å²) in [7, 11) is 1.56. The van der Waals surface area contributed by atoms with Crippen LogP contribution in [-0.2, 0) is 6.42 Å². The van der Waals surface area contributed by atoms with Gasteiger partial charge in [-0.2, -0.15) is 0 Å². The molecule has 1 aromatic carbocycles. The Morgan fingerprint density at radius 2 is 2.00 bits per heavy atom. The van der Waals surface area contributed by atoms with Crippen molar-refractivity contribution in [2.24, 2.45) is 0 Å². The lowest BCUT2D eigenvalue weighted by atomic mass is 10.2. The highest BCUT2D eigenvalue weighted by molar-refractivity contribution is 7.14. The molecule has 0 aliphatic heterocycles. The normalized spacial score (nSPS) is 10.5. The second-order valence-corrected chi connectivity index (χ2v) is 6.37. The summed E-state index contributed by atoms with van der Waals surface area (Å²) in [5.74, 6) is 0.436. The number of methoxy groups -OCH3 is 1. The van der Waals surface area contributed by atoms with E-state index in [-0.39, 0.29) is 5.91 Å². The van der Waals surface area contributed by atoms with E-state index < -0.39 is 0 Å². The van der Waals surface area contributed by atoms with E-state index in [4.69, 9.17) is 16.3 Å². The van der Waals surface area contributed by atoms with E-state index in [1.165, 1.54) is 16.2 Å². The van der Waals surface area contributed by atoms with Crippen LogP contribution in [0.2, 0.25) is 5.02 Å². The van der Waals surface area contributed by atoms with Gasteiger partial charge in [-0.3, -0.25) is 4.79 Å². The molecule has 0 bridgehead atoms. The number of halogens is 1. The van der Waals surface area contributed by atoms with E-state index in [2.05, 4.69) is 12.2 Å². The zero-order valence-corrected chi connectivity index (χ0v) is 14.1. The number of ether oxygens (including phenoxy) is 1. The summed E-state index contributed by atoms with van der Waals surface area (Å²) in [5.41, 5.74) is 2.68. The fourth-order valence-electron chi connectivity index (χ4n) is 2.10. The summed E-state index contributed by atoms with van der Waals surface area (Å²) < 4.78 is 5.27. The first-order valence-electron chi connectivity index (χ1n) is 6.71. The SMILES string of the molecule is CCc1sc(C(=O)Nc2cc(C)c(Cl)cc2OC)cc1C. The first kappa shape index (κ1) is 15.9. The molecule has 0 radical (unpaired) electrons. The average molecular weight is 324 g/mol. The molecule has 2 aromatic rings. The summed E-state index contributed by atoms with van der Waals surface area (Å²) in [6, 6.07) is 5.46.